The molecule has 0 aliphatic heterocycles. The number of thiol groups is 1. The zero-order valence-electron chi connectivity index (χ0n) is 9.28. The molecule has 96 valence electrons. The summed E-state index contributed by atoms with van der Waals surface area (Å²) in [5.41, 5.74) is -2.14. The maximum Gasteiger partial charge on any atom is 0.416 e. The minimum absolute atomic E-state index is 0.0562. The fourth-order valence-corrected chi connectivity index (χ4v) is 1.98. The monoisotopic (exact) mass is 300 g/mol. The van der Waals surface area contributed by atoms with Crippen molar-refractivity contribution in [2.24, 2.45) is 0 Å². The van der Waals surface area contributed by atoms with Crippen LogP contribution in [0.4, 0.5) is 13.2 Å². The Morgan fingerprint density at radius 2 is 2.00 bits per heavy atom. The summed E-state index contributed by atoms with van der Waals surface area (Å²) in [5.74, 6) is 0. The highest BCUT2D eigenvalue weighted by molar-refractivity contribution is 8.61. The summed E-state index contributed by atoms with van der Waals surface area (Å²) in [5, 5.41) is 0. The second-order valence-corrected chi connectivity index (χ2v) is 10.8. The van der Waals surface area contributed by atoms with Crippen molar-refractivity contribution < 1.29 is 17.7 Å². The molecule has 0 aliphatic rings. The minimum Gasteiger partial charge on any atom is -0.337 e. The molecule has 0 aliphatic carbocycles. The molecule has 1 atom stereocenters. The first-order chi connectivity index (χ1) is 7.59. The fourth-order valence-electron chi connectivity index (χ4n) is 1.26. The second kappa shape index (κ2) is 5.31. The number of hydrogen-bond acceptors (Lipinski definition) is 2. The van der Waals surface area contributed by atoms with E-state index >= 15 is 0 Å². The zero-order valence-corrected chi connectivity index (χ0v) is 11.9. The van der Waals surface area contributed by atoms with Crippen LogP contribution in [0, 0.1) is 6.92 Å². The molecule has 0 heterocycles. The number of aryl methyl sites for hydroxylation is 1. The van der Waals surface area contributed by atoms with Crippen molar-refractivity contribution in [2.75, 3.05) is 6.66 Å². The summed E-state index contributed by atoms with van der Waals surface area (Å²) >= 11 is 9.02. The molecule has 1 unspecified atom stereocenters. The summed E-state index contributed by atoms with van der Waals surface area (Å²) in [6, 6.07) is 4.12. The number of alkyl halides is 3. The van der Waals surface area contributed by atoms with Crippen LogP contribution in [0.15, 0.2) is 18.2 Å². The van der Waals surface area contributed by atoms with E-state index in [1.165, 1.54) is 13.0 Å². The molecule has 1 nitrogen and oxygen atoms in total. The minimum atomic E-state index is -4.34. The molecule has 1 aromatic carbocycles. The number of hydrogen-bond donors (Lipinski definition) is 1. The van der Waals surface area contributed by atoms with Gasteiger partial charge in [0.15, 0.2) is 0 Å². The summed E-state index contributed by atoms with van der Waals surface area (Å²) in [7, 11) is 0. The Bertz CT molecular complexity index is 453. The smallest absolute Gasteiger partial charge is 0.337 e. The maximum atomic E-state index is 12.6. The fraction of sp³-hybridized carbons (Fsp3) is 0.400. The first kappa shape index (κ1) is 15.0. The standard InChI is InChI=1S/C10H12F3OPS2/c1-7-3-4-8(6-14-15(2,16)17)5-9(7)10(11,12)13/h3-5H,6H2,1-2H3,(H,16,17). The summed E-state index contributed by atoms with van der Waals surface area (Å²) < 4.78 is 43.1. The molecule has 0 saturated carbocycles. The average Bonchev–Trinajstić information content (AvgIpc) is 2.13. The van der Waals surface area contributed by atoms with Crippen LogP contribution >= 0.6 is 17.7 Å². The topological polar surface area (TPSA) is 9.23 Å². The predicted molar refractivity (Wildman–Crippen MR) is 70.2 cm³/mol. The van der Waals surface area contributed by atoms with Gasteiger partial charge in [0.05, 0.1) is 12.2 Å². The highest BCUT2D eigenvalue weighted by Crippen LogP contribution is 2.48. The Morgan fingerprint density at radius 3 is 2.47 bits per heavy atom. The molecule has 1 aromatic rings. The van der Waals surface area contributed by atoms with Crippen LogP contribution in [0.5, 0.6) is 0 Å². The third-order valence-electron chi connectivity index (χ3n) is 2.08. The Balaban J connectivity index is 2.94. The molecule has 0 aromatic heterocycles. The van der Waals surface area contributed by atoms with E-state index in [1.54, 1.807) is 12.7 Å². The van der Waals surface area contributed by atoms with Gasteiger partial charge in [-0.1, -0.05) is 23.9 Å². The molecule has 0 saturated heterocycles. The van der Waals surface area contributed by atoms with Gasteiger partial charge in [0.25, 0.3) is 0 Å². The first-order valence-corrected chi connectivity index (χ1v) is 9.03. The Labute approximate surface area is 109 Å². The van der Waals surface area contributed by atoms with Crippen molar-refractivity contribution in [3.8, 4) is 0 Å². The molecule has 0 radical (unpaired) electrons. The van der Waals surface area contributed by atoms with Crippen LogP contribution in [0.25, 0.3) is 0 Å². The third-order valence-corrected chi connectivity index (χ3v) is 3.35. The van der Waals surface area contributed by atoms with Crippen LogP contribution in [0.2, 0.25) is 0 Å². The molecule has 0 fully saturated rings. The van der Waals surface area contributed by atoms with Gasteiger partial charge in [0.1, 0.15) is 5.47 Å². The SMILES string of the molecule is Cc1ccc(COP(C)(=S)S)cc1C(F)(F)F. The van der Waals surface area contributed by atoms with Crippen LogP contribution in [0.1, 0.15) is 16.7 Å². The molecular formula is C10H12F3OPS2. The van der Waals surface area contributed by atoms with E-state index in [-0.39, 0.29) is 12.2 Å². The lowest BCUT2D eigenvalue weighted by Crippen LogP contribution is -2.08. The van der Waals surface area contributed by atoms with Crippen molar-refractivity contribution in [2.45, 2.75) is 19.7 Å². The van der Waals surface area contributed by atoms with Crippen LogP contribution in [-0.2, 0) is 29.1 Å². The highest BCUT2D eigenvalue weighted by Gasteiger charge is 2.32. The van der Waals surface area contributed by atoms with Crippen LogP contribution in [0.3, 0.4) is 0 Å². The average molecular weight is 300 g/mol. The Morgan fingerprint density at radius 1 is 1.41 bits per heavy atom. The summed E-state index contributed by atoms with van der Waals surface area (Å²) in [4.78, 5) is 0. The van der Waals surface area contributed by atoms with E-state index in [0.29, 0.717) is 5.56 Å². The van der Waals surface area contributed by atoms with E-state index in [1.807, 2.05) is 0 Å². The number of rotatable bonds is 3. The Hall–Kier alpha value is -0.0300. The molecule has 1 rings (SSSR count). The largest absolute Gasteiger partial charge is 0.416 e. The van der Waals surface area contributed by atoms with Gasteiger partial charge in [-0.2, -0.15) is 13.2 Å². The van der Waals surface area contributed by atoms with Gasteiger partial charge in [-0.25, -0.2) is 0 Å². The van der Waals surface area contributed by atoms with Gasteiger partial charge in [-0.05, 0) is 30.8 Å². The number of halogens is 3. The van der Waals surface area contributed by atoms with Gasteiger partial charge in [0.2, 0.25) is 0 Å². The second-order valence-electron chi connectivity index (χ2n) is 3.72. The molecule has 0 bridgehead atoms. The van der Waals surface area contributed by atoms with Crippen LogP contribution in [-0.4, -0.2) is 6.66 Å². The maximum absolute atomic E-state index is 12.6. The van der Waals surface area contributed by atoms with Crippen molar-refractivity contribution >= 4 is 29.5 Å². The van der Waals surface area contributed by atoms with Crippen molar-refractivity contribution in [3.05, 3.63) is 34.9 Å². The highest BCUT2D eigenvalue weighted by atomic mass is 32.9. The molecule has 0 amide bonds. The van der Waals surface area contributed by atoms with Gasteiger partial charge < -0.3 is 4.52 Å². The lowest BCUT2D eigenvalue weighted by Gasteiger charge is -2.14. The molecular weight excluding hydrogens is 288 g/mol. The quantitative estimate of drug-likeness (QED) is 0.654. The van der Waals surface area contributed by atoms with Crippen molar-refractivity contribution in [1.29, 1.82) is 0 Å². The Kier molecular flexibility index (Phi) is 4.69. The summed E-state index contributed by atoms with van der Waals surface area (Å²) in [6.07, 6.45) is -4.34. The van der Waals surface area contributed by atoms with Crippen molar-refractivity contribution in [3.63, 3.8) is 0 Å². The van der Waals surface area contributed by atoms with E-state index in [9.17, 15) is 13.2 Å². The lowest BCUT2D eigenvalue weighted by atomic mass is 10.1. The third kappa shape index (κ3) is 5.00. The molecule has 17 heavy (non-hydrogen) atoms. The van der Waals surface area contributed by atoms with Crippen molar-refractivity contribution in [1.82, 2.24) is 0 Å². The first-order valence-electron chi connectivity index (χ1n) is 4.71. The lowest BCUT2D eigenvalue weighted by molar-refractivity contribution is -0.138. The number of benzene rings is 1. The normalized spacial score (nSPS) is 15.6. The van der Waals surface area contributed by atoms with E-state index in [2.05, 4.69) is 12.2 Å². The van der Waals surface area contributed by atoms with Gasteiger partial charge in [-0.15, -0.1) is 12.2 Å². The van der Waals surface area contributed by atoms with Gasteiger partial charge >= 0.3 is 6.18 Å². The molecule has 7 heteroatoms. The van der Waals surface area contributed by atoms with E-state index in [0.717, 1.165) is 6.07 Å². The van der Waals surface area contributed by atoms with Gasteiger partial charge in [0, 0.05) is 0 Å². The molecule has 0 N–H and O–H groups in total. The van der Waals surface area contributed by atoms with E-state index in [4.69, 9.17) is 16.3 Å². The van der Waals surface area contributed by atoms with Gasteiger partial charge in [-0.3, -0.25) is 0 Å². The van der Waals surface area contributed by atoms with Crippen LogP contribution < -0.4 is 0 Å². The predicted octanol–water partition coefficient (Wildman–Crippen LogP) is 4.40. The zero-order chi connectivity index (χ0) is 13.3. The van der Waals surface area contributed by atoms with E-state index < -0.39 is 17.2 Å². The summed E-state index contributed by atoms with van der Waals surface area (Å²) in [6.45, 7) is 3.14. The molecule has 0 spiro atoms.